The van der Waals surface area contributed by atoms with Gasteiger partial charge in [0.15, 0.2) is 0 Å². The number of phenols is 1. The van der Waals surface area contributed by atoms with Gasteiger partial charge in [-0.1, -0.05) is 26.0 Å². The Labute approximate surface area is 103 Å². The summed E-state index contributed by atoms with van der Waals surface area (Å²) in [5.41, 5.74) is 1.09. The zero-order valence-electron chi connectivity index (χ0n) is 10.6. The first-order valence-corrected chi connectivity index (χ1v) is 5.99. The first-order valence-electron chi connectivity index (χ1n) is 5.99. The second-order valence-corrected chi connectivity index (χ2v) is 4.71. The van der Waals surface area contributed by atoms with Gasteiger partial charge in [0.05, 0.1) is 6.07 Å². The number of rotatable bonds is 6. The third kappa shape index (κ3) is 5.37. The number of benzene rings is 1. The van der Waals surface area contributed by atoms with E-state index < -0.39 is 0 Å². The van der Waals surface area contributed by atoms with Crippen LogP contribution >= 0.6 is 0 Å². The third-order valence-corrected chi connectivity index (χ3v) is 2.48. The largest absolute Gasteiger partial charge is 0.508 e. The monoisotopic (exact) mass is 232 g/mol. The standard InChI is InChI=1S/C14H20N2O/c1-12(2)10-16(8-4-7-15)11-13-5-3-6-14(17)9-13/h3,5-6,9,12,17H,4,8,10-11H2,1-2H3. The predicted molar refractivity (Wildman–Crippen MR) is 68.5 cm³/mol. The molecule has 0 radical (unpaired) electrons. The van der Waals surface area contributed by atoms with E-state index in [0.717, 1.165) is 25.2 Å². The maximum Gasteiger partial charge on any atom is 0.115 e. The highest BCUT2D eigenvalue weighted by Crippen LogP contribution is 2.14. The molecule has 92 valence electrons. The Morgan fingerprint density at radius 2 is 2.18 bits per heavy atom. The molecule has 3 heteroatoms. The van der Waals surface area contributed by atoms with Crippen LogP contribution in [0.5, 0.6) is 5.75 Å². The summed E-state index contributed by atoms with van der Waals surface area (Å²) in [5.74, 6) is 0.873. The first kappa shape index (κ1) is 13.5. The Bertz CT molecular complexity index is 382. The molecule has 0 aromatic heterocycles. The molecule has 0 aliphatic heterocycles. The molecular weight excluding hydrogens is 212 g/mol. The fourth-order valence-corrected chi connectivity index (χ4v) is 1.87. The normalized spacial score (nSPS) is 10.8. The van der Waals surface area contributed by atoms with Gasteiger partial charge in [-0.25, -0.2) is 0 Å². The van der Waals surface area contributed by atoms with E-state index in [9.17, 15) is 5.11 Å². The SMILES string of the molecule is CC(C)CN(CCC#N)Cc1cccc(O)c1. The van der Waals surface area contributed by atoms with E-state index in [0.29, 0.717) is 18.1 Å². The molecule has 1 aromatic carbocycles. The molecule has 0 aliphatic carbocycles. The summed E-state index contributed by atoms with van der Waals surface area (Å²) in [6.07, 6.45) is 0.547. The van der Waals surface area contributed by atoms with Crippen molar-refractivity contribution >= 4 is 0 Å². The first-order chi connectivity index (χ1) is 8.11. The van der Waals surface area contributed by atoms with E-state index in [1.807, 2.05) is 12.1 Å². The van der Waals surface area contributed by atoms with Crippen LogP contribution in [0.1, 0.15) is 25.8 Å². The van der Waals surface area contributed by atoms with E-state index in [1.54, 1.807) is 12.1 Å². The lowest BCUT2D eigenvalue weighted by Crippen LogP contribution is -2.28. The number of nitriles is 1. The molecule has 0 bridgehead atoms. The van der Waals surface area contributed by atoms with Crippen LogP contribution in [0.15, 0.2) is 24.3 Å². The van der Waals surface area contributed by atoms with Crippen molar-refractivity contribution in [3.63, 3.8) is 0 Å². The van der Waals surface area contributed by atoms with Gasteiger partial charge in [0.25, 0.3) is 0 Å². The molecule has 0 fully saturated rings. The Kier molecular flexibility index (Phi) is 5.51. The van der Waals surface area contributed by atoms with E-state index >= 15 is 0 Å². The van der Waals surface area contributed by atoms with Crippen LogP contribution in [0.4, 0.5) is 0 Å². The van der Waals surface area contributed by atoms with Crippen molar-refractivity contribution in [1.82, 2.24) is 4.90 Å². The van der Waals surface area contributed by atoms with Crippen molar-refractivity contribution in [3.05, 3.63) is 29.8 Å². The van der Waals surface area contributed by atoms with Gasteiger partial charge in [-0.3, -0.25) is 4.90 Å². The zero-order valence-corrected chi connectivity index (χ0v) is 10.6. The van der Waals surface area contributed by atoms with Crippen molar-refractivity contribution in [1.29, 1.82) is 5.26 Å². The van der Waals surface area contributed by atoms with Crippen molar-refractivity contribution in [2.75, 3.05) is 13.1 Å². The third-order valence-electron chi connectivity index (χ3n) is 2.48. The fraction of sp³-hybridized carbons (Fsp3) is 0.500. The van der Waals surface area contributed by atoms with E-state index in [2.05, 4.69) is 24.8 Å². The zero-order chi connectivity index (χ0) is 12.7. The minimum atomic E-state index is 0.298. The van der Waals surface area contributed by atoms with Crippen LogP contribution in [-0.4, -0.2) is 23.1 Å². The van der Waals surface area contributed by atoms with Gasteiger partial charge in [0.2, 0.25) is 0 Å². The molecule has 0 spiro atoms. The topological polar surface area (TPSA) is 47.3 Å². The van der Waals surface area contributed by atoms with Crippen molar-refractivity contribution in [3.8, 4) is 11.8 Å². The lowest BCUT2D eigenvalue weighted by atomic mass is 10.1. The van der Waals surface area contributed by atoms with Gasteiger partial charge in [-0.15, -0.1) is 0 Å². The summed E-state index contributed by atoms with van der Waals surface area (Å²) >= 11 is 0. The van der Waals surface area contributed by atoms with Crippen molar-refractivity contribution < 1.29 is 5.11 Å². The molecule has 1 rings (SSSR count). The number of nitrogens with zero attached hydrogens (tertiary/aromatic N) is 2. The molecule has 0 heterocycles. The second kappa shape index (κ2) is 6.93. The summed E-state index contributed by atoms with van der Waals surface area (Å²) in [6.45, 7) is 6.87. The second-order valence-electron chi connectivity index (χ2n) is 4.71. The van der Waals surface area contributed by atoms with Gasteiger partial charge >= 0.3 is 0 Å². The number of aromatic hydroxyl groups is 1. The van der Waals surface area contributed by atoms with E-state index in [4.69, 9.17) is 5.26 Å². The van der Waals surface area contributed by atoms with Crippen LogP contribution in [0, 0.1) is 17.2 Å². The molecule has 0 saturated carbocycles. The van der Waals surface area contributed by atoms with E-state index in [1.165, 1.54) is 0 Å². The average Bonchev–Trinajstić information content (AvgIpc) is 2.25. The van der Waals surface area contributed by atoms with Crippen LogP contribution in [-0.2, 0) is 6.54 Å². The molecule has 1 aromatic rings. The number of phenolic OH excluding ortho intramolecular Hbond substituents is 1. The lowest BCUT2D eigenvalue weighted by molar-refractivity contribution is 0.241. The molecule has 0 unspecified atom stereocenters. The summed E-state index contributed by atoms with van der Waals surface area (Å²) < 4.78 is 0. The number of hydrogen-bond donors (Lipinski definition) is 1. The molecular formula is C14H20N2O. The quantitative estimate of drug-likeness (QED) is 0.820. The smallest absolute Gasteiger partial charge is 0.115 e. The highest BCUT2D eigenvalue weighted by molar-refractivity contribution is 5.26. The van der Waals surface area contributed by atoms with Gasteiger partial charge in [-0.05, 0) is 23.6 Å². The van der Waals surface area contributed by atoms with Crippen LogP contribution in [0.2, 0.25) is 0 Å². The Hall–Kier alpha value is -1.53. The summed E-state index contributed by atoms with van der Waals surface area (Å²) in [5, 5.41) is 18.1. The van der Waals surface area contributed by atoms with Crippen LogP contribution in [0.25, 0.3) is 0 Å². The predicted octanol–water partition coefficient (Wildman–Crippen LogP) is 2.76. The van der Waals surface area contributed by atoms with Gasteiger partial charge in [0, 0.05) is 26.1 Å². The van der Waals surface area contributed by atoms with Crippen LogP contribution < -0.4 is 0 Å². The van der Waals surface area contributed by atoms with E-state index in [-0.39, 0.29) is 0 Å². The maximum atomic E-state index is 9.41. The minimum absolute atomic E-state index is 0.298. The summed E-state index contributed by atoms with van der Waals surface area (Å²) in [7, 11) is 0. The fourth-order valence-electron chi connectivity index (χ4n) is 1.87. The average molecular weight is 232 g/mol. The Morgan fingerprint density at radius 3 is 2.76 bits per heavy atom. The van der Waals surface area contributed by atoms with Gasteiger partial charge in [0.1, 0.15) is 5.75 Å². The highest BCUT2D eigenvalue weighted by atomic mass is 16.3. The highest BCUT2D eigenvalue weighted by Gasteiger charge is 2.08. The minimum Gasteiger partial charge on any atom is -0.508 e. The summed E-state index contributed by atoms with van der Waals surface area (Å²) in [4.78, 5) is 2.25. The van der Waals surface area contributed by atoms with Crippen LogP contribution in [0.3, 0.4) is 0 Å². The number of hydrogen-bond acceptors (Lipinski definition) is 3. The lowest BCUT2D eigenvalue weighted by Gasteiger charge is -2.23. The Balaban J connectivity index is 2.61. The van der Waals surface area contributed by atoms with Gasteiger partial charge in [-0.2, -0.15) is 5.26 Å². The molecule has 17 heavy (non-hydrogen) atoms. The molecule has 0 aliphatic rings. The summed E-state index contributed by atoms with van der Waals surface area (Å²) in [6, 6.07) is 9.48. The maximum absolute atomic E-state index is 9.41. The van der Waals surface area contributed by atoms with Gasteiger partial charge < -0.3 is 5.11 Å². The molecule has 0 amide bonds. The molecule has 3 nitrogen and oxygen atoms in total. The molecule has 0 saturated heterocycles. The molecule has 1 N–H and O–H groups in total. The molecule has 0 atom stereocenters. The Morgan fingerprint density at radius 1 is 1.41 bits per heavy atom. The van der Waals surface area contributed by atoms with Crippen molar-refractivity contribution in [2.45, 2.75) is 26.8 Å². The van der Waals surface area contributed by atoms with Crippen molar-refractivity contribution in [2.24, 2.45) is 5.92 Å².